The van der Waals surface area contributed by atoms with Crippen molar-refractivity contribution in [2.75, 3.05) is 0 Å². The smallest absolute Gasteiger partial charge is 0.127 e. The van der Waals surface area contributed by atoms with E-state index in [0.717, 1.165) is 15.6 Å². The molecule has 0 aliphatic rings. The van der Waals surface area contributed by atoms with Crippen LogP contribution in [0.15, 0.2) is 53.0 Å². The number of hydrogen-bond donors (Lipinski definition) is 0. The van der Waals surface area contributed by atoms with Gasteiger partial charge in [0.2, 0.25) is 0 Å². The van der Waals surface area contributed by atoms with E-state index in [9.17, 15) is 4.39 Å². The quantitative estimate of drug-likeness (QED) is 0.744. The molecular formula is C14H12BrF. The van der Waals surface area contributed by atoms with Crippen LogP contribution in [0.2, 0.25) is 0 Å². The Morgan fingerprint density at radius 3 is 2.25 bits per heavy atom. The van der Waals surface area contributed by atoms with Gasteiger partial charge >= 0.3 is 0 Å². The molecule has 0 aromatic heterocycles. The van der Waals surface area contributed by atoms with Gasteiger partial charge in [0.15, 0.2) is 0 Å². The van der Waals surface area contributed by atoms with Crippen LogP contribution in [-0.4, -0.2) is 0 Å². The van der Waals surface area contributed by atoms with E-state index >= 15 is 0 Å². The molecule has 2 rings (SSSR count). The Morgan fingerprint density at radius 2 is 1.62 bits per heavy atom. The second-order valence-corrected chi connectivity index (χ2v) is 4.71. The average Bonchev–Trinajstić information content (AvgIpc) is 2.30. The van der Waals surface area contributed by atoms with Gasteiger partial charge < -0.3 is 0 Å². The summed E-state index contributed by atoms with van der Waals surface area (Å²) in [5.41, 5.74) is 1.86. The number of benzene rings is 2. The fourth-order valence-corrected chi connectivity index (χ4v) is 2.02. The molecule has 2 aromatic rings. The summed E-state index contributed by atoms with van der Waals surface area (Å²) in [7, 11) is 0. The van der Waals surface area contributed by atoms with Crippen molar-refractivity contribution in [1.29, 1.82) is 0 Å². The van der Waals surface area contributed by atoms with Crippen LogP contribution in [0.25, 0.3) is 0 Å². The van der Waals surface area contributed by atoms with Gasteiger partial charge in [-0.1, -0.05) is 53.2 Å². The third kappa shape index (κ3) is 2.33. The molecule has 16 heavy (non-hydrogen) atoms. The van der Waals surface area contributed by atoms with Crippen molar-refractivity contribution in [3.63, 3.8) is 0 Å². The van der Waals surface area contributed by atoms with Gasteiger partial charge in [-0.15, -0.1) is 0 Å². The highest BCUT2D eigenvalue weighted by Gasteiger charge is 2.11. The van der Waals surface area contributed by atoms with Crippen LogP contribution in [0.3, 0.4) is 0 Å². The maximum Gasteiger partial charge on any atom is 0.127 e. The maximum atomic E-state index is 13.6. The Morgan fingerprint density at radius 1 is 1.00 bits per heavy atom. The van der Waals surface area contributed by atoms with E-state index in [4.69, 9.17) is 0 Å². The molecular weight excluding hydrogens is 267 g/mol. The summed E-state index contributed by atoms with van der Waals surface area (Å²) in [6, 6.07) is 14.9. The van der Waals surface area contributed by atoms with Crippen molar-refractivity contribution >= 4 is 15.9 Å². The van der Waals surface area contributed by atoms with Crippen molar-refractivity contribution in [3.05, 3.63) is 69.9 Å². The summed E-state index contributed by atoms with van der Waals surface area (Å²) in [5, 5.41) is 0. The summed E-state index contributed by atoms with van der Waals surface area (Å²) in [6.07, 6.45) is 0. The first-order chi connectivity index (χ1) is 7.68. The predicted molar refractivity (Wildman–Crippen MR) is 68.1 cm³/mol. The SMILES string of the molecule is CC(c1ccc(Br)cc1)c1ccccc1F. The zero-order chi connectivity index (χ0) is 11.5. The van der Waals surface area contributed by atoms with Crippen LogP contribution in [0.5, 0.6) is 0 Å². The Bertz CT molecular complexity index is 476. The molecule has 0 heterocycles. The first-order valence-corrected chi connectivity index (χ1v) is 5.97. The zero-order valence-corrected chi connectivity index (χ0v) is 10.5. The van der Waals surface area contributed by atoms with E-state index < -0.39 is 0 Å². The minimum Gasteiger partial charge on any atom is -0.207 e. The van der Waals surface area contributed by atoms with E-state index in [0.29, 0.717) is 0 Å². The molecule has 0 saturated carbocycles. The van der Waals surface area contributed by atoms with Crippen molar-refractivity contribution in [1.82, 2.24) is 0 Å². The van der Waals surface area contributed by atoms with Crippen LogP contribution >= 0.6 is 15.9 Å². The van der Waals surface area contributed by atoms with Gasteiger partial charge in [0, 0.05) is 10.4 Å². The molecule has 0 fully saturated rings. The lowest BCUT2D eigenvalue weighted by Crippen LogP contribution is -1.98. The van der Waals surface area contributed by atoms with E-state index in [1.807, 2.05) is 43.3 Å². The highest BCUT2D eigenvalue weighted by Crippen LogP contribution is 2.26. The molecule has 0 amide bonds. The standard InChI is InChI=1S/C14H12BrF/c1-10(11-6-8-12(15)9-7-11)13-4-2-3-5-14(13)16/h2-10H,1H3. The summed E-state index contributed by atoms with van der Waals surface area (Å²) >= 11 is 3.39. The van der Waals surface area contributed by atoms with Crippen molar-refractivity contribution in [2.24, 2.45) is 0 Å². The summed E-state index contributed by atoms with van der Waals surface area (Å²) in [6.45, 7) is 2.02. The van der Waals surface area contributed by atoms with Gasteiger partial charge in [-0.3, -0.25) is 0 Å². The fourth-order valence-electron chi connectivity index (χ4n) is 1.76. The molecule has 0 radical (unpaired) electrons. The van der Waals surface area contributed by atoms with Gasteiger partial charge in [-0.25, -0.2) is 4.39 Å². The lowest BCUT2D eigenvalue weighted by atomic mass is 9.93. The topological polar surface area (TPSA) is 0 Å². The maximum absolute atomic E-state index is 13.6. The lowest BCUT2D eigenvalue weighted by Gasteiger charge is -2.13. The Balaban J connectivity index is 2.35. The third-order valence-electron chi connectivity index (χ3n) is 2.74. The molecule has 2 aromatic carbocycles. The molecule has 0 saturated heterocycles. The van der Waals surface area contributed by atoms with E-state index in [1.165, 1.54) is 6.07 Å². The number of rotatable bonds is 2. The fraction of sp³-hybridized carbons (Fsp3) is 0.143. The molecule has 0 aliphatic carbocycles. The molecule has 1 atom stereocenters. The first-order valence-electron chi connectivity index (χ1n) is 5.18. The first kappa shape index (κ1) is 11.3. The Labute approximate surface area is 103 Å². The summed E-state index contributed by atoms with van der Waals surface area (Å²) in [4.78, 5) is 0. The Hall–Kier alpha value is -1.15. The zero-order valence-electron chi connectivity index (χ0n) is 8.95. The average molecular weight is 279 g/mol. The van der Waals surface area contributed by atoms with Gasteiger partial charge in [0.1, 0.15) is 5.82 Å². The van der Waals surface area contributed by atoms with Crippen LogP contribution in [-0.2, 0) is 0 Å². The molecule has 0 aliphatic heterocycles. The van der Waals surface area contributed by atoms with Gasteiger partial charge in [0.25, 0.3) is 0 Å². The second kappa shape index (κ2) is 4.79. The molecule has 1 unspecified atom stereocenters. The minimum absolute atomic E-state index is 0.0781. The molecule has 2 heteroatoms. The third-order valence-corrected chi connectivity index (χ3v) is 3.27. The van der Waals surface area contributed by atoms with Crippen LogP contribution in [0.4, 0.5) is 4.39 Å². The number of halogens is 2. The van der Waals surface area contributed by atoms with E-state index in [2.05, 4.69) is 15.9 Å². The molecule has 0 spiro atoms. The minimum atomic E-state index is -0.141. The van der Waals surface area contributed by atoms with Crippen molar-refractivity contribution in [3.8, 4) is 0 Å². The van der Waals surface area contributed by atoms with Gasteiger partial charge in [0.05, 0.1) is 0 Å². The monoisotopic (exact) mass is 278 g/mol. The highest BCUT2D eigenvalue weighted by molar-refractivity contribution is 9.10. The summed E-state index contributed by atoms with van der Waals surface area (Å²) in [5.74, 6) is -0.0628. The number of hydrogen-bond acceptors (Lipinski definition) is 0. The lowest BCUT2D eigenvalue weighted by molar-refractivity contribution is 0.603. The van der Waals surface area contributed by atoms with Crippen LogP contribution in [0, 0.1) is 5.82 Å². The molecule has 82 valence electrons. The van der Waals surface area contributed by atoms with Crippen LogP contribution < -0.4 is 0 Å². The molecule has 0 nitrogen and oxygen atoms in total. The van der Waals surface area contributed by atoms with E-state index in [1.54, 1.807) is 6.07 Å². The van der Waals surface area contributed by atoms with E-state index in [-0.39, 0.29) is 11.7 Å². The van der Waals surface area contributed by atoms with Gasteiger partial charge in [-0.2, -0.15) is 0 Å². The predicted octanol–water partition coefficient (Wildman–Crippen LogP) is 4.74. The van der Waals surface area contributed by atoms with Gasteiger partial charge in [-0.05, 0) is 29.3 Å². The van der Waals surface area contributed by atoms with Crippen LogP contribution in [0.1, 0.15) is 24.0 Å². The largest absolute Gasteiger partial charge is 0.207 e. The molecule has 0 N–H and O–H groups in total. The Kier molecular flexibility index (Phi) is 3.39. The highest BCUT2D eigenvalue weighted by atomic mass is 79.9. The van der Waals surface area contributed by atoms with Crippen molar-refractivity contribution < 1.29 is 4.39 Å². The summed E-state index contributed by atoms with van der Waals surface area (Å²) < 4.78 is 14.6. The van der Waals surface area contributed by atoms with Crippen molar-refractivity contribution in [2.45, 2.75) is 12.8 Å². The normalized spacial score (nSPS) is 12.4. The molecule has 0 bridgehead atoms. The second-order valence-electron chi connectivity index (χ2n) is 3.79.